The smallest absolute Gasteiger partial charge is 0.225 e. The van der Waals surface area contributed by atoms with E-state index in [4.69, 9.17) is 4.99 Å². The van der Waals surface area contributed by atoms with Gasteiger partial charge in [-0.1, -0.05) is 83.5 Å². The summed E-state index contributed by atoms with van der Waals surface area (Å²) in [6.45, 7) is 14.5. The molecule has 1 aromatic carbocycles. The van der Waals surface area contributed by atoms with E-state index >= 15 is 0 Å². The number of nitrogens with zero attached hydrogens (tertiary/aromatic N) is 2. The number of amidine groups is 1. The van der Waals surface area contributed by atoms with Crippen LogP contribution in [-0.4, -0.2) is 62.9 Å². The zero-order valence-corrected chi connectivity index (χ0v) is 25.4. The second-order valence-corrected chi connectivity index (χ2v) is 12.6. The van der Waals surface area contributed by atoms with Crippen LogP contribution in [0.5, 0.6) is 0 Å². The van der Waals surface area contributed by atoms with Gasteiger partial charge in [0, 0.05) is 37.2 Å². The lowest BCUT2D eigenvalue weighted by molar-refractivity contribution is -0.870. The largest absolute Gasteiger partial charge is 0.365 e. The van der Waals surface area contributed by atoms with Crippen LogP contribution >= 0.6 is 11.8 Å². The Bertz CT molecular complexity index is 768. The van der Waals surface area contributed by atoms with Crippen LogP contribution in [0, 0.1) is 5.41 Å². The van der Waals surface area contributed by atoms with E-state index in [1.54, 1.807) is 11.8 Å². The predicted molar refractivity (Wildman–Crippen MR) is 160 cm³/mol. The number of aliphatic imine (C=N–C) groups is 1. The first-order valence-corrected chi connectivity index (χ1v) is 15.1. The number of hydrogen-bond donors (Lipinski definition) is 2. The lowest BCUT2D eigenvalue weighted by Gasteiger charge is -2.29. The van der Waals surface area contributed by atoms with E-state index in [2.05, 4.69) is 90.7 Å². The molecule has 0 heterocycles. The molecule has 0 radical (unpaired) electrons. The summed E-state index contributed by atoms with van der Waals surface area (Å²) in [4.78, 5) is 17.7. The van der Waals surface area contributed by atoms with Crippen LogP contribution in [0.2, 0.25) is 0 Å². The van der Waals surface area contributed by atoms with Gasteiger partial charge in [-0.3, -0.25) is 9.79 Å². The molecule has 1 aromatic rings. The zero-order valence-electron chi connectivity index (χ0n) is 24.6. The number of carbonyl (C=O) groups excluding carboxylic acids is 1. The van der Waals surface area contributed by atoms with Crippen LogP contribution in [0.25, 0.3) is 0 Å². The molecule has 0 spiro atoms. The monoisotopic (exact) mass is 519 g/mol. The highest BCUT2D eigenvalue weighted by atomic mass is 32.2. The van der Waals surface area contributed by atoms with Gasteiger partial charge in [-0.05, 0) is 42.7 Å². The van der Waals surface area contributed by atoms with Crippen molar-refractivity contribution < 1.29 is 9.28 Å². The summed E-state index contributed by atoms with van der Waals surface area (Å²) < 4.78 is 0.925. The maximum absolute atomic E-state index is 12.9. The Kier molecular flexibility index (Phi) is 15.4. The van der Waals surface area contributed by atoms with Crippen LogP contribution in [0.4, 0.5) is 0 Å². The van der Waals surface area contributed by atoms with E-state index in [9.17, 15) is 4.79 Å². The minimum absolute atomic E-state index is 0.167. The van der Waals surface area contributed by atoms with E-state index in [1.165, 1.54) is 30.4 Å². The number of unbranched alkanes of at least 4 members (excludes halogenated alkanes) is 2. The molecule has 206 valence electrons. The SMILES string of the molecule is CCCCN=C(NCCCC)SCc1ccc(C(CC)CC(C)(C)C(=O)NCCC[N+](C)(C)C)cc1. The van der Waals surface area contributed by atoms with Crippen molar-refractivity contribution in [2.24, 2.45) is 10.4 Å². The van der Waals surface area contributed by atoms with Gasteiger partial charge in [-0.15, -0.1) is 0 Å². The van der Waals surface area contributed by atoms with Crippen molar-refractivity contribution in [2.75, 3.05) is 47.3 Å². The van der Waals surface area contributed by atoms with Crippen LogP contribution in [0.3, 0.4) is 0 Å². The Labute approximate surface area is 226 Å². The molecule has 6 heteroatoms. The highest BCUT2D eigenvalue weighted by molar-refractivity contribution is 8.13. The Hall–Kier alpha value is -1.53. The number of nitrogens with one attached hydrogen (secondary N) is 2. The maximum Gasteiger partial charge on any atom is 0.225 e. The van der Waals surface area contributed by atoms with Crippen LogP contribution in [-0.2, 0) is 10.5 Å². The number of amides is 1. The molecule has 1 rings (SSSR count). The number of hydrogen-bond acceptors (Lipinski definition) is 3. The van der Waals surface area contributed by atoms with Crippen molar-refractivity contribution in [2.45, 2.75) is 91.2 Å². The Morgan fingerprint density at radius 2 is 1.61 bits per heavy atom. The van der Waals surface area contributed by atoms with Crippen molar-refractivity contribution in [1.82, 2.24) is 10.6 Å². The summed E-state index contributed by atoms with van der Waals surface area (Å²) in [7, 11) is 6.56. The summed E-state index contributed by atoms with van der Waals surface area (Å²) >= 11 is 1.81. The second-order valence-electron chi connectivity index (χ2n) is 11.7. The Balaban J connectivity index is 2.67. The molecule has 5 nitrogen and oxygen atoms in total. The van der Waals surface area contributed by atoms with Crippen LogP contribution in [0.15, 0.2) is 29.3 Å². The fourth-order valence-corrected chi connectivity index (χ4v) is 4.98. The molecule has 36 heavy (non-hydrogen) atoms. The fraction of sp³-hybridized carbons (Fsp3) is 0.733. The summed E-state index contributed by atoms with van der Waals surface area (Å²) in [5, 5.41) is 7.78. The summed E-state index contributed by atoms with van der Waals surface area (Å²) in [6, 6.07) is 9.02. The standard InChI is InChI=1S/C30H54N4OS/c1-9-12-19-32-29(33-20-13-10-2)36-24-25-15-17-27(18-16-25)26(11-3)23-30(4,5)28(35)31-21-14-22-34(6,7)8/h15-18,26H,9-14,19-24H2,1-8H3,(H-,31,32,33,35)/p+1. The van der Waals surface area contributed by atoms with Gasteiger partial charge in [-0.25, -0.2) is 0 Å². The lowest BCUT2D eigenvalue weighted by Crippen LogP contribution is -2.41. The second kappa shape index (κ2) is 17.1. The van der Waals surface area contributed by atoms with Crippen molar-refractivity contribution in [3.8, 4) is 0 Å². The van der Waals surface area contributed by atoms with Crippen molar-refractivity contribution in [3.63, 3.8) is 0 Å². The highest BCUT2D eigenvalue weighted by Crippen LogP contribution is 2.34. The first-order valence-electron chi connectivity index (χ1n) is 14.1. The van der Waals surface area contributed by atoms with E-state index in [1.807, 2.05) is 0 Å². The van der Waals surface area contributed by atoms with E-state index in [-0.39, 0.29) is 11.3 Å². The average molecular weight is 520 g/mol. The summed E-state index contributed by atoms with van der Waals surface area (Å²) in [5.74, 6) is 1.46. The third-order valence-electron chi connectivity index (χ3n) is 6.56. The normalized spacial score (nSPS) is 13.5. The van der Waals surface area contributed by atoms with Crippen molar-refractivity contribution in [1.29, 1.82) is 0 Å². The molecule has 1 amide bonds. The van der Waals surface area contributed by atoms with Gasteiger partial charge in [-0.2, -0.15) is 0 Å². The molecule has 2 N–H and O–H groups in total. The quantitative estimate of drug-likeness (QED) is 0.106. The minimum atomic E-state index is -0.389. The molecule has 0 aliphatic carbocycles. The summed E-state index contributed by atoms with van der Waals surface area (Å²) in [6.07, 6.45) is 7.56. The minimum Gasteiger partial charge on any atom is -0.365 e. The fourth-order valence-electron chi connectivity index (χ4n) is 4.10. The van der Waals surface area contributed by atoms with Crippen LogP contribution in [0.1, 0.15) is 96.6 Å². The molecule has 0 aliphatic rings. The number of rotatable bonds is 17. The lowest BCUT2D eigenvalue weighted by atomic mass is 9.78. The number of thioether (sulfide) groups is 1. The molecule has 0 saturated carbocycles. The third kappa shape index (κ3) is 13.7. The van der Waals surface area contributed by atoms with Crippen LogP contribution < -0.4 is 10.6 Å². The topological polar surface area (TPSA) is 53.5 Å². The van der Waals surface area contributed by atoms with E-state index in [0.717, 1.165) is 67.3 Å². The zero-order chi connectivity index (χ0) is 27.0. The number of carbonyl (C=O) groups is 1. The van der Waals surface area contributed by atoms with Gasteiger partial charge in [0.25, 0.3) is 0 Å². The van der Waals surface area contributed by atoms with Gasteiger partial charge in [0.05, 0.1) is 27.7 Å². The molecule has 0 saturated heterocycles. The molecule has 1 unspecified atom stereocenters. The van der Waals surface area contributed by atoms with E-state index in [0.29, 0.717) is 5.92 Å². The first kappa shape index (κ1) is 32.5. The molecule has 1 atom stereocenters. The molecule has 0 fully saturated rings. The molecule has 0 bridgehead atoms. The van der Waals surface area contributed by atoms with Gasteiger partial charge in [0.2, 0.25) is 5.91 Å². The van der Waals surface area contributed by atoms with Gasteiger partial charge < -0.3 is 15.1 Å². The highest BCUT2D eigenvalue weighted by Gasteiger charge is 2.30. The average Bonchev–Trinajstić information content (AvgIpc) is 2.83. The van der Waals surface area contributed by atoms with Crippen molar-refractivity contribution in [3.05, 3.63) is 35.4 Å². The predicted octanol–water partition coefficient (Wildman–Crippen LogP) is 6.59. The molecule has 0 aromatic heterocycles. The van der Waals surface area contributed by atoms with Gasteiger partial charge in [0.15, 0.2) is 5.17 Å². The molecular formula is C30H55N4OS+. The Morgan fingerprint density at radius 1 is 0.972 bits per heavy atom. The van der Waals surface area contributed by atoms with Crippen molar-refractivity contribution >= 4 is 22.8 Å². The van der Waals surface area contributed by atoms with Gasteiger partial charge in [0.1, 0.15) is 0 Å². The van der Waals surface area contributed by atoms with Gasteiger partial charge >= 0.3 is 0 Å². The molecule has 0 aliphatic heterocycles. The maximum atomic E-state index is 12.9. The molecular weight excluding hydrogens is 464 g/mol. The van der Waals surface area contributed by atoms with E-state index < -0.39 is 0 Å². The number of quaternary nitrogens is 1. The Morgan fingerprint density at radius 3 is 2.19 bits per heavy atom. The first-order chi connectivity index (χ1) is 17.0. The third-order valence-corrected chi connectivity index (χ3v) is 7.58. The summed E-state index contributed by atoms with van der Waals surface area (Å²) in [5.41, 5.74) is 2.25. The number of benzene rings is 1.